The third kappa shape index (κ3) is 8.91. The van der Waals surface area contributed by atoms with Crippen molar-refractivity contribution in [2.45, 2.75) is 52.4 Å². The van der Waals surface area contributed by atoms with E-state index < -0.39 is 0 Å². The van der Waals surface area contributed by atoms with E-state index in [1.807, 2.05) is 6.07 Å². The maximum absolute atomic E-state index is 8.23. The van der Waals surface area contributed by atoms with E-state index in [0.717, 1.165) is 123 Å². The average Bonchev–Trinajstić information content (AvgIpc) is 1.40. The lowest BCUT2D eigenvalue weighted by Crippen LogP contribution is -2.61. The molecular formula is C99H71BN6. The van der Waals surface area contributed by atoms with Crippen LogP contribution >= 0.6 is 0 Å². The van der Waals surface area contributed by atoms with Crippen LogP contribution in [0.25, 0.3) is 142 Å². The maximum Gasteiger partial charge on any atom is 0.252 e. The van der Waals surface area contributed by atoms with Crippen molar-refractivity contribution in [1.82, 2.24) is 13.5 Å². The molecule has 0 aliphatic carbocycles. The van der Waals surface area contributed by atoms with Crippen LogP contribution in [0, 0.1) is 6.57 Å². The molecule has 6 nitrogen and oxygen atoms in total. The number of para-hydroxylation sites is 5. The van der Waals surface area contributed by atoms with E-state index in [0.29, 0.717) is 5.69 Å². The highest BCUT2D eigenvalue weighted by Crippen LogP contribution is 2.59. The van der Waals surface area contributed by atoms with Crippen LogP contribution in [0.4, 0.5) is 39.8 Å². The Morgan fingerprint density at radius 3 is 1.07 bits per heavy atom. The first-order valence-corrected chi connectivity index (χ1v) is 37.0. The van der Waals surface area contributed by atoms with E-state index in [1.54, 1.807) is 0 Å². The van der Waals surface area contributed by atoms with Gasteiger partial charge < -0.3 is 23.3 Å². The first-order chi connectivity index (χ1) is 51.9. The Morgan fingerprint density at radius 2 is 0.660 bits per heavy atom. The Hall–Kier alpha value is -13.1. The summed E-state index contributed by atoms with van der Waals surface area (Å²) in [5, 5.41) is 9.41. The molecule has 0 saturated carbocycles. The quantitative estimate of drug-likeness (QED) is 0.112. The molecular weight excluding hydrogens is 1280 g/mol. The lowest BCUT2D eigenvalue weighted by atomic mass is 9.33. The van der Waals surface area contributed by atoms with Gasteiger partial charge in [0.05, 0.1) is 67.9 Å². The SMILES string of the molecule is [C-]#[N+]c1ccc2c(c1)c1ccccc1n2-c1ccc2c(c1)N(c1c(-c3ccccc3)cccc1-c1ccccc1)c1c3c(c4c5ccccc5n5c6ccccc6c1c45)N(c1c(-c4ccccc4)cccc1-c1ccccc1)c1cc(-n4c5ccc(C(C)(C)C)cc5c5cc(C(C)(C)C)ccc54)ccc1B23. The molecule has 2 aliphatic heterocycles. The molecule has 0 N–H and O–H groups in total. The van der Waals surface area contributed by atoms with Gasteiger partial charge in [-0.2, -0.15) is 0 Å². The fraction of sp³-hybridized carbons (Fsp3) is 0.0808. The fourth-order valence-electron chi connectivity index (χ4n) is 18.2. The van der Waals surface area contributed by atoms with Gasteiger partial charge in [0, 0.05) is 82.7 Å². The normalized spacial score (nSPS) is 12.9. The molecule has 15 aromatic carbocycles. The summed E-state index contributed by atoms with van der Waals surface area (Å²) in [5.74, 6) is 0. The molecule has 0 amide bonds. The Bertz CT molecular complexity index is 6730. The molecule has 19 aromatic rings. The van der Waals surface area contributed by atoms with Crippen LogP contribution < -0.4 is 26.2 Å². The molecule has 0 saturated heterocycles. The topological polar surface area (TPSA) is 25.1 Å². The number of anilines is 6. The second kappa shape index (κ2) is 22.9. The zero-order valence-electron chi connectivity index (χ0n) is 59.9. The average molecular weight is 1360 g/mol. The first kappa shape index (κ1) is 61.5. The summed E-state index contributed by atoms with van der Waals surface area (Å²) in [6.45, 7) is 21.9. The third-order valence-corrected chi connectivity index (χ3v) is 23.0. The van der Waals surface area contributed by atoms with Gasteiger partial charge in [-0.15, -0.1) is 0 Å². The number of nitrogens with zero attached hydrogens (tertiary/aromatic N) is 6. The predicted molar refractivity (Wildman–Crippen MR) is 449 cm³/mol. The van der Waals surface area contributed by atoms with Gasteiger partial charge in [0.15, 0.2) is 5.69 Å². The Balaban J connectivity index is 0.988. The van der Waals surface area contributed by atoms with Crippen molar-refractivity contribution in [2.24, 2.45) is 0 Å². The van der Waals surface area contributed by atoms with Crippen molar-refractivity contribution in [2.75, 3.05) is 9.80 Å². The van der Waals surface area contributed by atoms with Crippen LogP contribution in [-0.2, 0) is 10.8 Å². The molecule has 0 radical (unpaired) electrons. The largest absolute Gasteiger partial charge is 0.309 e. The van der Waals surface area contributed by atoms with Gasteiger partial charge in [0.2, 0.25) is 0 Å². The minimum absolute atomic E-state index is 0.0750. The lowest BCUT2D eigenvalue weighted by molar-refractivity contribution is 0.590. The standard InChI is InChI=1S/C99H71BN6/c1-98(2,3)65-46-53-85-77(56-65)78-57-66(99(4,5)6)47-54-86(78)103(85)69-50-52-81-89(60-69)106(94-72(63-32-16-10-17-33-63)41-27-42-73(94)64-34-18-11-19-35-64)97-91-76-38-22-25-45-84(76)104-83-44-24-21-37-75(83)90(95(91)104)96-92(97)100(81)80-51-49-68(102-82-43-23-20-36-74(82)79-58-67(101-7)48-55-87(79)102)59-88(80)105(96)93-70(61-28-12-8-13-29-61)39-26-40-71(93)62-30-14-9-15-31-62/h8-60H,1-6H3. The molecule has 0 bridgehead atoms. The number of benzene rings is 15. The minimum Gasteiger partial charge on any atom is -0.309 e. The lowest BCUT2D eigenvalue weighted by Gasteiger charge is -2.46. The van der Waals surface area contributed by atoms with E-state index in [1.165, 1.54) is 76.4 Å². The molecule has 6 heterocycles. The van der Waals surface area contributed by atoms with Gasteiger partial charge in [-0.3, -0.25) is 0 Å². The van der Waals surface area contributed by atoms with Crippen LogP contribution in [0.5, 0.6) is 0 Å². The molecule has 0 unspecified atom stereocenters. The summed E-state index contributed by atoms with van der Waals surface area (Å²) in [6.07, 6.45) is 0. The summed E-state index contributed by atoms with van der Waals surface area (Å²) in [7, 11) is 0. The second-order valence-electron chi connectivity index (χ2n) is 31.0. The first-order valence-electron chi connectivity index (χ1n) is 37.0. The summed E-state index contributed by atoms with van der Waals surface area (Å²) in [5.41, 5.74) is 32.3. The maximum atomic E-state index is 8.23. The van der Waals surface area contributed by atoms with Crippen LogP contribution in [0.3, 0.4) is 0 Å². The predicted octanol–water partition coefficient (Wildman–Crippen LogP) is 24.9. The van der Waals surface area contributed by atoms with E-state index in [4.69, 9.17) is 6.57 Å². The number of hydrogen-bond acceptors (Lipinski definition) is 2. The Labute approximate surface area is 616 Å². The summed E-state index contributed by atoms with van der Waals surface area (Å²) in [4.78, 5) is 9.47. The number of fused-ring (bicyclic) bond motifs is 18. The zero-order chi connectivity index (χ0) is 71.0. The van der Waals surface area contributed by atoms with Gasteiger partial charge in [-0.05, 0) is 145 Å². The van der Waals surface area contributed by atoms with Crippen LogP contribution in [0.1, 0.15) is 52.7 Å². The van der Waals surface area contributed by atoms with Crippen LogP contribution in [0.2, 0.25) is 0 Å². The number of rotatable bonds is 8. The third-order valence-electron chi connectivity index (χ3n) is 23.0. The molecule has 106 heavy (non-hydrogen) atoms. The summed E-state index contributed by atoms with van der Waals surface area (Å²) >= 11 is 0. The van der Waals surface area contributed by atoms with Crippen molar-refractivity contribution in [3.05, 3.63) is 344 Å². The summed E-state index contributed by atoms with van der Waals surface area (Å²) < 4.78 is 7.59. The molecule has 0 spiro atoms. The molecule has 0 atom stereocenters. The van der Waals surface area contributed by atoms with Gasteiger partial charge in [-0.25, -0.2) is 4.85 Å². The summed E-state index contributed by atoms with van der Waals surface area (Å²) in [6, 6.07) is 121. The smallest absolute Gasteiger partial charge is 0.252 e. The zero-order valence-corrected chi connectivity index (χ0v) is 59.9. The van der Waals surface area contributed by atoms with Crippen molar-refractivity contribution >= 4 is 145 Å². The second-order valence-corrected chi connectivity index (χ2v) is 31.0. The van der Waals surface area contributed by atoms with E-state index in [9.17, 15) is 0 Å². The van der Waals surface area contributed by atoms with E-state index in [2.05, 4.69) is 385 Å². The van der Waals surface area contributed by atoms with Crippen molar-refractivity contribution < 1.29 is 0 Å². The Kier molecular flexibility index (Phi) is 13.3. The molecule has 7 heteroatoms. The number of aromatic nitrogens is 3. The van der Waals surface area contributed by atoms with Crippen molar-refractivity contribution in [3.63, 3.8) is 0 Å². The minimum atomic E-state index is -0.338. The van der Waals surface area contributed by atoms with Crippen LogP contribution in [-0.4, -0.2) is 20.2 Å². The van der Waals surface area contributed by atoms with E-state index in [-0.39, 0.29) is 17.5 Å². The monoisotopic (exact) mass is 1350 g/mol. The highest BCUT2D eigenvalue weighted by atomic mass is 15.2. The molecule has 2 aliphatic rings. The highest BCUT2D eigenvalue weighted by Gasteiger charge is 2.48. The molecule has 0 fully saturated rings. The highest BCUT2D eigenvalue weighted by molar-refractivity contribution is 7.01. The van der Waals surface area contributed by atoms with Crippen LogP contribution in [0.15, 0.2) is 322 Å². The van der Waals surface area contributed by atoms with Crippen molar-refractivity contribution in [3.8, 4) is 55.9 Å². The van der Waals surface area contributed by atoms with Gasteiger partial charge >= 0.3 is 0 Å². The fourth-order valence-corrected chi connectivity index (χ4v) is 18.2. The van der Waals surface area contributed by atoms with Gasteiger partial charge in [-0.1, -0.05) is 284 Å². The molecule has 500 valence electrons. The number of hydrogen-bond donors (Lipinski definition) is 0. The van der Waals surface area contributed by atoms with E-state index >= 15 is 0 Å². The van der Waals surface area contributed by atoms with Crippen molar-refractivity contribution in [1.29, 1.82) is 0 Å². The van der Waals surface area contributed by atoms with Gasteiger partial charge in [0.25, 0.3) is 6.71 Å². The molecule has 21 rings (SSSR count). The molecule has 4 aromatic heterocycles. The van der Waals surface area contributed by atoms with Gasteiger partial charge in [0.1, 0.15) is 0 Å². The Morgan fingerprint density at radius 1 is 0.302 bits per heavy atom.